The number of fused-ring (bicyclic) bond motifs is 2. The largest absolute Gasteiger partial charge is 0.461 e. The highest BCUT2D eigenvalue weighted by molar-refractivity contribution is 7.89. The molecule has 0 spiro atoms. The van der Waals surface area contributed by atoms with Gasteiger partial charge in [-0.2, -0.15) is 0 Å². The molecule has 2 aliphatic heterocycles. The standard InChI is InChI=1S/C17H15F2N3O4S/c1-22-7-14-16(26-8-9-4-11(5-9)21-27(14,24)25)15(22)17(23)20-10-2-3-12(18)13(19)6-10/h2-3,6-8,11,21H,4-5H2,1H3,(H,20,23). The lowest BCUT2D eigenvalue weighted by Crippen LogP contribution is -2.40. The Morgan fingerprint density at radius 2 is 2.04 bits per heavy atom. The van der Waals surface area contributed by atoms with Crippen LogP contribution in [0.3, 0.4) is 0 Å². The molecule has 2 N–H and O–H groups in total. The SMILES string of the molecule is Cn1cc2c(c1C(=O)Nc1ccc(F)c(F)c1)OC=C1CC(C1)NS2(=O)=O. The van der Waals surface area contributed by atoms with Crippen molar-refractivity contribution in [2.45, 2.75) is 23.8 Å². The molecule has 1 saturated carbocycles. The van der Waals surface area contributed by atoms with Crippen LogP contribution in [0.15, 0.2) is 41.1 Å². The molecule has 7 nitrogen and oxygen atoms in total. The predicted octanol–water partition coefficient (Wildman–Crippen LogP) is 2.27. The van der Waals surface area contributed by atoms with Gasteiger partial charge in [0.15, 0.2) is 23.1 Å². The number of aromatic nitrogens is 1. The minimum Gasteiger partial charge on any atom is -0.461 e. The first kappa shape index (κ1) is 17.7. The van der Waals surface area contributed by atoms with Gasteiger partial charge in [0, 0.05) is 31.0 Å². The number of hydrogen-bond donors (Lipinski definition) is 2. The first-order chi connectivity index (χ1) is 12.7. The highest BCUT2D eigenvalue weighted by Gasteiger charge is 2.35. The average molecular weight is 395 g/mol. The molecule has 1 aromatic heterocycles. The number of anilines is 1. The van der Waals surface area contributed by atoms with Gasteiger partial charge < -0.3 is 14.6 Å². The van der Waals surface area contributed by atoms with E-state index in [-0.39, 0.29) is 28.1 Å². The first-order valence-electron chi connectivity index (χ1n) is 8.07. The second kappa shape index (κ2) is 6.17. The van der Waals surface area contributed by atoms with Gasteiger partial charge in [0.1, 0.15) is 4.90 Å². The summed E-state index contributed by atoms with van der Waals surface area (Å²) in [5.74, 6) is -2.99. The van der Waals surface area contributed by atoms with Gasteiger partial charge in [0.25, 0.3) is 5.91 Å². The number of sulfonamides is 1. The van der Waals surface area contributed by atoms with Crippen molar-refractivity contribution in [1.82, 2.24) is 9.29 Å². The molecule has 0 atom stereocenters. The van der Waals surface area contributed by atoms with Crippen LogP contribution >= 0.6 is 0 Å². The van der Waals surface area contributed by atoms with Crippen LogP contribution in [-0.2, 0) is 17.1 Å². The summed E-state index contributed by atoms with van der Waals surface area (Å²) in [5.41, 5.74) is 0.890. The molecular weight excluding hydrogens is 380 g/mol. The van der Waals surface area contributed by atoms with Gasteiger partial charge in [-0.05, 0) is 30.5 Å². The molecule has 142 valence electrons. The van der Waals surface area contributed by atoms with Gasteiger partial charge >= 0.3 is 0 Å². The quantitative estimate of drug-likeness (QED) is 0.817. The van der Waals surface area contributed by atoms with Crippen LogP contribution in [0.2, 0.25) is 0 Å². The van der Waals surface area contributed by atoms with E-state index in [1.807, 2.05) is 0 Å². The molecule has 0 saturated heterocycles. The molecule has 3 heterocycles. The Kier molecular flexibility index (Phi) is 4.04. The van der Waals surface area contributed by atoms with E-state index in [1.165, 1.54) is 30.1 Å². The zero-order chi connectivity index (χ0) is 19.3. The van der Waals surface area contributed by atoms with E-state index in [0.717, 1.165) is 17.7 Å². The molecule has 1 fully saturated rings. The Labute approximate surface area is 153 Å². The molecular formula is C17H15F2N3O4S. The maximum absolute atomic E-state index is 13.4. The number of carbonyl (C=O) groups excluding carboxylic acids is 1. The van der Waals surface area contributed by atoms with Crippen molar-refractivity contribution >= 4 is 21.6 Å². The molecule has 1 amide bonds. The van der Waals surface area contributed by atoms with Gasteiger partial charge in [-0.1, -0.05) is 0 Å². The zero-order valence-corrected chi connectivity index (χ0v) is 14.9. The van der Waals surface area contributed by atoms with Crippen molar-refractivity contribution in [1.29, 1.82) is 0 Å². The maximum atomic E-state index is 13.4. The number of amides is 1. The molecule has 3 aliphatic rings. The Morgan fingerprint density at radius 1 is 1.30 bits per heavy atom. The Hall–Kier alpha value is -2.72. The fourth-order valence-corrected chi connectivity index (χ4v) is 4.50. The number of hydrogen-bond acceptors (Lipinski definition) is 4. The third-order valence-electron chi connectivity index (χ3n) is 4.47. The zero-order valence-electron chi connectivity index (χ0n) is 14.1. The van der Waals surface area contributed by atoms with E-state index in [2.05, 4.69) is 10.0 Å². The van der Waals surface area contributed by atoms with Crippen LogP contribution in [0.25, 0.3) is 0 Å². The Morgan fingerprint density at radius 3 is 2.74 bits per heavy atom. The lowest BCUT2D eigenvalue weighted by Gasteiger charge is -2.27. The summed E-state index contributed by atoms with van der Waals surface area (Å²) in [6, 6.07) is 2.72. The van der Waals surface area contributed by atoms with Crippen LogP contribution in [-0.4, -0.2) is 24.9 Å². The predicted molar refractivity (Wildman–Crippen MR) is 91.8 cm³/mol. The molecule has 2 bridgehead atoms. The van der Waals surface area contributed by atoms with Crippen molar-refractivity contribution in [3.8, 4) is 5.75 Å². The monoisotopic (exact) mass is 395 g/mol. The number of halogens is 2. The molecule has 27 heavy (non-hydrogen) atoms. The minimum absolute atomic E-state index is 0.0264. The van der Waals surface area contributed by atoms with E-state index in [4.69, 9.17) is 4.74 Å². The summed E-state index contributed by atoms with van der Waals surface area (Å²) in [7, 11) is -2.38. The lowest BCUT2D eigenvalue weighted by molar-refractivity contribution is 0.101. The van der Waals surface area contributed by atoms with E-state index < -0.39 is 27.6 Å². The minimum atomic E-state index is -3.88. The third kappa shape index (κ3) is 3.10. The topological polar surface area (TPSA) is 89.4 Å². The average Bonchev–Trinajstić information content (AvgIpc) is 2.92. The summed E-state index contributed by atoms with van der Waals surface area (Å²) in [4.78, 5) is 12.5. The maximum Gasteiger partial charge on any atom is 0.276 e. The van der Waals surface area contributed by atoms with E-state index in [0.29, 0.717) is 12.8 Å². The van der Waals surface area contributed by atoms with E-state index >= 15 is 0 Å². The lowest BCUT2D eigenvalue weighted by atomic mass is 9.88. The van der Waals surface area contributed by atoms with Crippen molar-refractivity contribution < 1.29 is 26.7 Å². The van der Waals surface area contributed by atoms with Crippen LogP contribution in [0.4, 0.5) is 14.5 Å². The molecule has 2 aromatic rings. The molecule has 10 heteroatoms. The van der Waals surface area contributed by atoms with Gasteiger partial charge in [-0.3, -0.25) is 4.79 Å². The number of carbonyl (C=O) groups is 1. The van der Waals surface area contributed by atoms with Gasteiger partial charge in [-0.25, -0.2) is 21.9 Å². The summed E-state index contributed by atoms with van der Waals surface area (Å²) in [6.45, 7) is 0. The number of rotatable bonds is 2. The molecule has 1 aromatic carbocycles. The fourth-order valence-electron chi connectivity index (χ4n) is 3.09. The fraction of sp³-hybridized carbons (Fsp3) is 0.235. The Bertz CT molecular complexity index is 1080. The summed E-state index contributed by atoms with van der Waals surface area (Å²) < 4.78 is 61.1. The smallest absolute Gasteiger partial charge is 0.276 e. The normalized spacial score (nSPS) is 20.1. The van der Waals surface area contributed by atoms with Crippen LogP contribution < -0.4 is 14.8 Å². The van der Waals surface area contributed by atoms with Crippen molar-refractivity contribution in [2.75, 3.05) is 5.32 Å². The molecule has 0 radical (unpaired) electrons. The number of nitrogens with one attached hydrogen (secondary N) is 2. The summed E-state index contributed by atoms with van der Waals surface area (Å²) >= 11 is 0. The number of benzene rings is 1. The second-order valence-electron chi connectivity index (χ2n) is 6.49. The molecule has 5 rings (SSSR count). The van der Waals surface area contributed by atoms with Gasteiger partial charge in [-0.15, -0.1) is 0 Å². The van der Waals surface area contributed by atoms with Gasteiger partial charge in [0.05, 0.1) is 6.26 Å². The van der Waals surface area contributed by atoms with E-state index in [1.54, 1.807) is 0 Å². The van der Waals surface area contributed by atoms with Crippen molar-refractivity contribution in [3.63, 3.8) is 0 Å². The van der Waals surface area contributed by atoms with Crippen molar-refractivity contribution in [3.05, 3.63) is 53.6 Å². The summed E-state index contributed by atoms with van der Waals surface area (Å²) in [6.07, 6.45) is 3.82. The highest BCUT2D eigenvalue weighted by atomic mass is 32.2. The van der Waals surface area contributed by atoms with Crippen molar-refractivity contribution in [2.24, 2.45) is 7.05 Å². The van der Waals surface area contributed by atoms with E-state index in [9.17, 15) is 22.0 Å². The summed E-state index contributed by atoms with van der Waals surface area (Å²) in [5, 5.41) is 2.42. The number of aryl methyl sites for hydroxylation is 1. The molecule has 0 unspecified atom stereocenters. The van der Waals surface area contributed by atoms with Crippen LogP contribution in [0.5, 0.6) is 5.75 Å². The van der Waals surface area contributed by atoms with Crippen LogP contribution in [0, 0.1) is 11.6 Å². The first-order valence-corrected chi connectivity index (χ1v) is 9.55. The third-order valence-corrected chi connectivity index (χ3v) is 5.98. The van der Waals surface area contributed by atoms with Crippen LogP contribution in [0.1, 0.15) is 23.3 Å². The number of ether oxygens (including phenoxy) is 1. The van der Waals surface area contributed by atoms with Gasteiger partial charge in [0.2, 0.25) is 10.0 Å². The number of nitrogens with zero attached hydrogens (tertiary/aromatic N) is 1. The Balaban J connectivity index is 1.74. The second-order valence-corrected chi connectivity index (χ2v) is 8.17. The molecule has 1 aliphatic carbocycles. The highest BCUT2D eigenvalue weighted by Crippen LogP contribution is 2.36.